The number of ketones is 1. The number of carbonyl (C=O) groups is 1. The Bertz CT molecular complexity index is 2660. The third kappa shape index (κ3) is 11.1. The second-order valence-corrected chi connectivity index (χ2v) is 29.9. The molecule has 0 atom stereocenters. The summed E-state index contributed by atoms with van der Waals surface area (Å²) in [6, 6.07) is 55.9. The van der Waals surface area contributed by atoms with E-state index in [-0.39, 0.29) is 28.7 Å². The number of carbonyl (C=O) groups excluding carboxylic acids is 1. The maximum absolute atomic E-state index is 14.1. The van der Waals surface area contributed by atoms with Gasteiger partial charge in [0.15, 0.2) is 20.5 Å². The van der Waals surface area contributed by atoms with Crippen LogP contribution in [0.3, 0.4) is 0 Å². The van der Waals surface area contributed by atoms with Crippen molar-refractivity contribution in [3.8, 4) is 0 Å². The summed E-state index contributed by atoms with van der Waals surface area (Å²) in [7, 11) is -0.278. The standard InChI is InChI=1S/C67H73OS4.ClH/c68-64(67-44-51-37-52(45-67)39-53(38-51)46-67)54-13-19-57(20-14-54)71-60-25-31-63(32-26-60)72(61-27-21-58(22-28-61)69-55-15-9-49(10-16-55)42-65-33-1-5-47(40-65)6-2-34-65)62-29-23-59(24-30-62)70-56-17-11-50(12-18-56)43-66-35-3-7-48(41-66)8-4-36-66;/h9-32,47-48,51-53H,1-8,33-46H2;1H/q+1;/p-1. The number of halogens is 1. The second kappa shape index (κ2) is 21.6. The molecule has 0 amide bonds. The molecule has 73 heavy (non-hydrogen) atoms. The number of fused-ring (bicyclic) bond motifs is 4. The molecule has 8 aliphatic rings. The lowest BCUT2D eigenvalue weighted by Crippen LogP contribution is -3.00. The van der Waals surface area contributed by atoms with Crippen molar-refractivity contribution in [1.29, 1.82) is 0 Å². The first kappa shape index (κ1) is 50.5. The van der Waals surface area contributed by atoms with E-state index in [9.17, 15) is 4.79 Å². The zero-order valence-electron chi connectivity index (χ0n) is 42.7. The maximum atomic E-state index is 14.1. The first-order chi connectivity index (χ1) is 35.3. The fourth-order valence-electron chi connectivity index (χ4n) is 16.5. The van der Waals surface area contributed by atoms with E-state index in [2.05, 4.69) is 146 Å². The van der Waals surface area contributed by atoms with Crippen LogP contribution in [0.1, 0.15) is 150 Å². The van der Waals surface area contributed by atoms with Crippen molar-refractivity contribution >= 4 is 52.0 Å². The van der Waals surface area contributed by atoms with E-state index in [0.717, 1.165) is 54.4 Å². The van der Waals surface area contributed by atoms with Gasteiger partial charge in [-0.15, -0.1) is 0 Å². The molecule has 0 spiro atoms. The smallest absolute Gasteiger partial charge is 0.169 e. The van der Waals surface area contributed by atoms with Crippen molar-refractivity contribution in [3.05, 3.63) is 162 Å². The van der Waals surface area contributed by atoms with E-state index < -0.39 is 0 Å². The Morgan fingerprint density at radius 2 is 0.699 bits per heavy atom. The molecule has 14 rings (SSSR count). The van der Waals surface area contributed by atoms with Crippen LogP contribution >= 0.6 is 35.3 Å². The molecule has 1 nitrogen and oxygen atoms in total. The molecule has 0 radical (unpaired) electrons. The quantitative estimate of drug-likeness (QED) is 0.0753. The number of hydrogen-bond acceptors (Lipinski definition) is 4. The Morgan fingerprint density at radius 3 is 1.03 bits per heavy atom. The van der Waals surface area contributed by atoms with Crippen molar-refractivity contribution in [2.45, 2.75) is 185 Å². The molecule has 6 aromatic rings. The minimum Gasteiger partial charge on any atom is -1.00 e. The molecule has 0 saturated heterocycles. The molecule has 6 aromatic carbocycles. The summed E-state index contributed by atoms with van der Waals surface area (Å²) in [6.45, 7) is 0. The SMILES string of the molecule is O=C(c1ccc(Sc2ccc([S+](c3ccc(Sc4ccc(CC56CCCC(CCC5)C6)cc4)cc3)c3ccc(Sc4ccc(CC56CCCC(CCC5)C6)cc4)cc3)cc2)cc1)C12CC3CC(CC(C3)C1)C2.[Cl-]. The normalized spacial score (nSPS) is 29.3. The van der Waals surface area contributed by atoms with E-state index in [1.165, 1.54) is 177 Å². The molecule has 0 unspecified atom stereocenters. The second-order valence-electron chi connectivity index (χ2n) is 24.4. The van der Waals surface area contributed by atoms with Crippen molar-refractivity contribution in [2.24, 2.45) is 45.8 Å². The van der Waals surface area contributed by atoms with Gasteiger partial charge in [0.2, 0.25) is 0 Å². The fraction of sp³-hybridized carbons (Fsp3) is 0.448. The number of hydrogen-bond donors (Lipinski definition) is 0. The van der Waals surface area contributed by atoms with Gasteiger partial charge in [0.25, 0.3) is 0 Å². The Labute approximate surface area is 459 Å². The predicted octanol–water partition coefficient (Wildman–Crippen LogP) is 16.4. The van der Waals surface area contributed by atoms with Crippen molar-refractivity contribution < 1.29 is 17.2 Å². The highest BCUT2D eigenvalue weighted by atomic mass is 35.5. The van der Waals surface area contributed by atoms with Crippen LogP contribution in [0.4, 0.5) is 0 Å². The Hall–Kier alpha value is -3.32. The van der Waals surface area contributed by atoms with Gasteiger partial charge in [-0.3, -0.25) is 4.79 Å². The zero-order chi connectivity index (χ0) is 48.1. The van der Waals surface area contributed by atoms with Crippen LogP contribution in [-0.2, 0) is 23.7 Å². The molecule has 8 saturated carbocycles. The van der Waals surface area contributed by atoms with Crippen LogP contribution < -0.4 is 12.4 Å². The topological polar surface area (TPSA) is 17.1 Å². The summed E-state index contributed by atoms with van der Waals surface area (Å²) in [5.74, 6) is 4.72. The Morgan fingerprint density at radius 1 is 0.397 bits per heavy atom. The molecule has 8 bridgehead atoms. The lowest BCUT2D eigenvalue weighted by atomic mass is 9.48. The van der Waals surface area contributed by atoms with Crippen LogP contribution in [0.5, 0.6) is 0 Å². The van der Waals surface area contributed by atoms with Gasteiger partial charge in [-0.25, -0.2) is 0 Å². The summed E-state index contributed by atoms with van der Waals surface area (Å²) in [6.07, 6.45) is 30.2. The molecule has 8 aliphatic carbocycles. The van der Waals surface area contributed by atoms with E-state index in [0.29, 0.717) is 16.6 Å². The molecule has 0 aromatic heterocycles. The van der Waals surface area contributed by atoms with Gasteiger partial charge < -0.3 is 12.4 Å². The van der Waals surface area contributed by atoms with Crippen molar-refractivity contribution in [1.82, 2.24) is 0 Å². The van der Waals surface area contributed by atoms with Gasteiger partial charge in [0, 0.05) is 40.4 Å². The van der Waals surface area contributed by atoms with Crippen LogP contribution in [0.15, 0.2) is 190 Å². The first-order valence-corrected chi connectivity index (χ1v) is 31.9. The summed E-state index contributed by atoms with van der Waals surface area (Å²) in [4.78, 5) is 25.7. The lowest BCUT2D eigenvalue weighted by molar-refractivity contribution is -0.0353. The predicted molar refractivity (Wildman–Crippen MR) is 302 cm³/mol. The summed E-state index contributed by atoms with van der Waals surface area (Å²) in [5, 5.41) is 0. The molecule has 0 aliphatic heterocycles. The molecular weight excluding hydrogens is 984 g/mol. The van der Waals surface area contributed by atoms with E-state index in [4.69, 9.17) is 0 Å². The van der Waals surface area contributed by atoms with E-state index in [1.807, 2.05) is 23.5 Å². The molecule has 0 heterocycles. The number of benzene rings is 6. The highest BCUT2D eigenvalue weighted by Crippen LogP contribution is 2.61. The van der Waals surface area contributed by atoms with Crippen molar-refractivity contribution in [3.63, 3.8) is 0 Å². The third-order valence-electron chi connectivity index (χ3n) is 19.2. The summed E-state index contributed by atoms with van der Waals surface area (Å²) >= 11 is 5.56. The number of rotatable bonds is 15. The largest absolute Gasteiger partial charge is 1.00 e. The van der Waals surface area contributed by atoms with Gasteiger partial charge in [-0.1, -0.05) is 123 Å². The third-order valence-corrected chi connectivity index (χ3v) is 24.5. The van der Waals surface area contributed by atoms with Gasteiger partial charge in [-0.2, -0.15) is 0 Å². The highest BCUT2D eigenvalue weighted by Gasteiger charge is 2.54. The Kier molecular flexibility index (Phi) is 14.9. The minimum atomic E-state index is -0.278. The molecule has 0 N–H and O–H groups in total. The van der Waals surface area contributed by atoms with E-state index >= 15 is 0 Å². The summed E-state index contributed by atoms with van der Waals surface area (Å²) < 4.78 is 0. The first-order valence-electron chi connectivity index (χ1n) is 28.2. The minimum absolute atomic E-state index is 0. The number of Topliss-reactive ketones (excluding diaryl/α,β-unsaturated/α-hetero) is 1. The summed E-state index contributed by atoms with van der Waals surface area (Å²) in [5.41, 5.74) is 4.99. The van der Waals surface area contributed by atoms with Gasteiger partial charge >= 0.3 is 0 Å². The molecule has 378 valence electrons. The average Bonchev–Trinajstić information content (AvgIpc) is 3.39. The van der Waals surface area contributed by atoms with Crippen LogP contribution in [0, 0.1) is 45.8 Å². The zero-order valence-corrected chi connectivity index (χ0v) is 46.7. The molecule has 8 fully saturated rings. The average molecular weight is 1060 g/mol. The maximum Gasteiger partial charge on any atom is 0.169 e. The highest BCUT2D eigenvalue weighted by molar-refractivity contribution is 8.00. The fourth-order valence-corrected chi connectivity index (χ4v) is 21.0. The van der Waals surface area contributed by atoms with Gasteiger partial charge in [-0.05, 0) is 251 Å². The Balaban J connectivity index is 0.00000543. The molecular formula is C67H73ClOS4. The van der Waals surface area contributed by atoms with Crippen LogP contribution in [0.2, 0.25) is 0 Å². The van der Waals surface area contributed by atoms with Crippen LogP contribution in [0.25, 0.3) is 0 Å². The van der Waals surface area contributed by atoms with E-state index in [1.54, 1.807) is 11.8 Å². The van der Waals surface area contributed by atoms with Crippen molar-refractivity contribution in [2.75, 3.05) is 0 Å². The van der Waals surface area contributed by atoms with Crippen LogP contribution in [-0.4, -0.2) is 5.78 Å². The lowest BCUT2D eigenvalue weighted by Gasteiger charge is -2.56. The molecule has 6 heteroatoms. The monoisotopic (exact) mass is 1060 g/mol. The van der Waals surface area contributed by atoms with Gasteiger partial charge in [0.1, 0.15) is 0 Å². The van der Waals surface area contributed by atoms with Gasteiger partial charge in [0.05, 0.1) is 10.9 Å².